The Bertz CT molecular complexity index is 237. The first-order valence-corrected chi connectivity index (χ1v) is 8.12. The van der Waals surface area contributed by atoms with Crippen molar-refractivity contribution in [1.82, 2.24) is 10.2 Å². The zero-order valence-corrected chi connectivity index (χ0v) is 12.8. The smallest absolute Gasteiger partial charge is 0.0116 e. The van der Waals surface area contributed by atoms with Crippen LogP contribution in [0.2, 0.25) is 0 Å². The largest absolute Gasteiger partial charge is 0.314 e. The highest BCUT2D eigenvalue weighted by molar-refractivity contribution is 4.99. The van der Waals surface area contributed by atoms with Crippen LogP contribution in [-0.4, -0.2) is 35.6 Å². The number of nitrogens with zero attached hydrogens (tertiary/aromatic N) is 1. The molecule has 1 N–H and O–H groups in total. The lowest BCUT2D eigenvalue weighted by Gasteiger charge is -2.43. The third kappa shape index (κ3) is 3.27. The van der Waals surface area contributed by atoms with E-state index < -0.39 is 0 Å². The molecule has 0 spiro atoms. The van der Waals surface area contributed by atoms with Crippen LogP contribution in [0.3, 0.4) is 0 Å². The molecule has 2 rings (SSSR count). The second-order valence-corrected chi connectivity index (χ2v) is 6.93. The molecule has 18 heavy (non-hydrogen) atoms. The van der Waals surface area contributed by atoms with Crippen LogP contribution in [0.5, 0.6) is 0 Å². The highest BCUT2D eigenvalue weighted by Gasteiger charge is 2.42. The number of piperidine rings is 1. The molecule has 2 nitrogen and oxygen atoms in total. The van der Waals surface area contributed by atoms with Gasteiger partial charge in [0.2, 0.25) is 0 Å². The third-order valence-corrected chi connectivity index (χ3v) is 4.79. The maximum Gasteiger partial charge on any atom is 0.0116 e. The lowest BCUT2D eigenvalue weighted by Crippen LogP contribution is -2.52. The number of fused-ring (bicyclic) bond motifs is 2. The summed E-state index contributed by atoms with van der Waals surface area (Å²) >= 11 is 0. The molecular formula is C16H32N2. The first-order chi connectivity index (χ1) is 8.61. The Morgan fingerprint density at radius 1 is 1.11 bits per heavy atom. The minimum absolute atomic E-state index is 0.787. The van der Waals surface area contributed by atoms with Crippen LogP contribution in [0.15, 0.2) is 0 Å². The van der Waals surface area contributed by atoms with Crippen molar-refractivity contribution in [2.24, 2.45) is 5.92 Å². The zero-order chi connectivity index (χ0) is 13.1. The number of hydrogen-bond donors (Lipinski definition) is 1. The fourth-order valence-electron chi connectivity index (χ4n) is 4.25. The highest BCUT2D eigenvalue weighted by atomic mass is 15.3. The Balaban J connectivity index is 1.89. The Labute approximate surface area is 114 Å². The Morgan fingerprint density at radius 3 is 2.22 bits per heavy atom. The van der Waals surface area contributed by atoms with Crippen LogP contribution in [0.1, 0.15) is 66.2 Å². The third-order valence-electron chi connectivity index (χ3n) is 4.79. The summed E-state index contributed by atoms with van der Waals surface area (Å²) in [6.45, 7) is 10.6. The van der Waals surface area contributed by atoms with E-state index in [2.05, 4.69) is 37.9 Å². The van der Waals surface area contributed by atoms with E-state index in [1.807, 2.05) is 0 Å². The Morgan fingerprint density at radius 2 is 1.72 bits per heavy atom. The van der Waals surface area contributed by atoms with Crippen molar-refractivity contribution in [3.05, 3.63) is 0 Å². The fourth-order valence-corrected chi connectivity index (χ4v) is 4.25. The van der Waals surface area contributed by atoms with Gasteiger partial charge in [-0.15, -0.1) is 0 Å². The monoisotopic (exact) mass is 252 g/mol. The predicted molar refractivity (Wildman–Crippen MR) is 78.9 cm³/mol. The molecule has 2 aliphatic heterocycles. The van der Waals surface area contributed by atoms with Gasteiger partial charge in [-0.1, -0.05) is 20.8 Å². The second-order valence-electron chi connectivity index (χ2n) is 6.93. The van der Waals surface area contributed by atoms with Gasteiger partial charge in [0.1, 0.15) is 0 Å². The van der Waals surface area contributed by atoms with Gasteiger partial charge in [-0.25, -0.2) is 0 Å². The van der Waals surface area contributed by atoms with Crippen molar-refractivity contribution in [3.63, 3.8) is 0 Å². The zero-order valence-electron chi connectivity index (χ0n) is 12.8. The van der Waals surface area contributed by atoms with Gasteiger partial charge in [0, 0.05) is 24.2 Å². The fraction of sp³-hybridized carbons (Fsp3) is 1.00. The summed E-state index contributed by atoms with van der Waals surface area (Å²) in [5.41, 5.74) is 0. The van der Waals surface area contributed by atoms with E-state index in [9.17, 15) is 0 Å². The molecule has 3 unspecified atom stereocenters. The van der Waals surface area contributed by atoms with Gasteiger partial charge in [-0.3, -0.25) is 4.90 Å². The van der Waals surface area contributed by atoms with Crippen molar-refractivity contribution >= 4 is 0 Å². The summed E-state index contributed by atoms with van der Waals surface area (Å²) in [4.78, 5) is 2.87. The SMILES string of the molecule is CCCNC1CC2CCC(C1)N2C(C)CC(C)C. The van der Waals surface area contributed by atoms with Crippen molar-refractivity contribution in [2.45, 2.75) is 90.4 Å². The van der Waals surface area contributed by atoms with Crippen molar-refractivity contribution in [1.29, 1.82) is 0 Å². The van der Waals surface area contributed by atoms with Gasteiger partial charge in [0.15, 0.2) is 0 Å². The normalized spacial score (nSPS) is 34.2. The van der Waals surface area contributed by atoms with Crippen LogP contribution in [0, 0.1) is 5.92 Å². The molecule has 0 saturated carbocycles. The average molecular weight is 252 g/mol. The summed E-state index contributed by atoms with van der Waals surface area (Å²) in [5.74, 6) is 0.829. The number of hydrogen-bond acceptors (Lipinski definition) is 2. The van der Waals surface area contributed by atoms with Crippen LogP contribution in [0.4, 0.5) is 0 Å². The van der Waals surface area contributed by atoms with Gasteiger partial charge in [0.25, 0.3) is 0 Å². The lowest BCUT2D eigenvalue weighted by atomic mass is 9.93. The molecule has 0 aromatic rings. The molecule has 106 valence electrons. The second kappa shape index (κ2) is 6.38. The predicted octanol–water partition coefficient (Wildman–Crippen LogP) is 3.42. The van der Waals surface area contributed by atoms with E-state index in [0.29, 0.717) is 0 Å². The summed E-state index contributed by atoms with van der Waals surface area (Å²) in [6, 6.07) is 3.32. The minimum Gasteiger partial charge on any atom is -0.314 e. The first kappa shape index (κ1) is 14.3. The van der Waals surface area contributed by atoms with Crippen molar-refractivity contribution < 1.29 is 0 Å². The van der Waals surface area contributed by atoms with Crippen LogP contribution < -0.4 is 5.32 Å². The average Bonchev–Trinajstić information content (AvgIpc) is 2.57. The van der Waals surface area contributed by atoms with Gasteiger partial charge < -0.3 is 5.32 Å². The summed E-state index contributed by atoms with van der Waals surface area (Å²) in [5, 5.41) is 3.75. The van der Waals surface area contributed by atoms with E-state index >= 15 is 0 Å². The van der Waals surface area contributed by atoms with E-state index in [1.54, 1.807) is 0 Å². The van der Waals surface area contributed by atoms with Crippen LogP contribution in [0.25, 0.3) is 0 Å². The first-order valence-electron chi connectivity index (χ1n) is 8.12. The lowest BCUT2D eigenvalue weighted by molar-refractivity contribution is 0.0679. The maximum absolute atomic E-state index is 3.75. The summed E-state index contributed by atoms with van der Waals surface area (Å²) < 4.78 is 0. The van der Waals surface area contributed by atoms with E-state index in [1.165, 1.54) is 45.1 Å². The molecule has 3 atom stereocenters. The van der Waals surface area contributed by atoms with Gasteiger partial charge in [-0.05, 0) is 57.9 Å². The molecule has 2 heterocycles. The Hall–Kier alpha value is -0.0800. The highest BCUT2D eigenvalue weighted by Crippen LogP contribution is 2.38. The molecule has 0 aromatic heterocycles. The minimum atomic E-state index is 0.787. The molecule has 2 fully saturated rings. The molecule has 2 saturated heterocycles. The Kier molecular flexibility index (Phi) is 5.08. The molecule has 2 heteroatoms. The van der Waals surface area contributed by atoms with Gasteiger partial charge in [0.05, 0.1) is 0 Å². The maximum atomic E-state index is 3.75. The van der Waals surface area contributed by atoms with E-state index in [-0.39, 0.29) is 0 Å². The molecule has 0 aliphatic carbocycles. The van der Waals surface area contributed by atoms with Crippen molar-refractivity contribution in [2.75, 3.05) is 6.54 Å². The van der Waals surface area contributed by atoms with Crippen LogP contribution >= 0.6 is 0 Å². The number of rotatable bonds is 6. The standard InChI is InChI=1S/C16H32N2/c1-5-8-17-14-10-15-6-7-16(11-14)18(15)13(4)9-12(2)3/h12-17H,5-11H2,1-4H3. The molecule has 2 aliphatic rings. The number of nitrogens with one attached hydrogen (secondary N) is 1. The molecule has 0 aromatic carbocycles. The topological polar surface area (TPSA) is 15.3 Å². The van der Waals surface area contributed by atoms with E-state index in [4.69, 9.17) is 0 Å². The molecule has 2 bridgehead atoms. The van der Waals surface area contributed by atoms with Crippen LogP contribution in [-0.2, 0) is 0 Å². The molecule has 0 amide bonds. The molecular weight excluding hydrogens is 220 g/mol. The van der Waals surface area contributed by atoms with Crippen molar-refractivity contribution in [3.8, 4) is 0 Å². The summed E-state index contributed by atoms with van der Waals surface area (Å²) in [6.07, 6.45) is 8.28. The summed E-state index contributed by atoms with van der Waals surface area (Å²) in [7, 11) is 0. The van der Waals surface area contributed by atoms with Gasteiger partial charge >= 0.3 is 0 Å². The molecule has 0 radical (unpaired) electrons. The quantitative estimate of drug-likeness (QED) is 0.779. The van der Waals surface area contributed by atoms with Gasteiger partial charge in [-0.2, -0.15) is 0 Å². The van der Waals surface area contributed by atoms with E-state index in [0.717, 1.165) is 30.1 Å².